The Morgan fingerprint density at radius 3 is 2.44 bits per heavy atom. The van der Waals surface area contributed by atoms with Crippen molar-refractivity contribution in [3.8, 4) is 17.2 Å². The molecule has 0 atom stereocenters. The molecule has 0 unspecified atom stereocenters. The number of phenolic OH excluding ortho intramolecular Hbond substituents is 2. The number of benzene rings is 1. The number of hydrogen-bond donors (Lipinski definition) is 2. The van der Waals surface area contributed by atoms with Gasteiger partial charge in [-0.15, -0.1) is 0 Å². The van der Waals surface area contributed by atoms with E-state index in [0.717, 1.165) is 5.69 Å². The SMILES string of the molecule is Cc1cc(O)c(-[n+]2ccccc2C)cc1O. The summed E-state index contributed by atoms with van der Waals surface area (Å²) in [5.74, 6) is 0.346. The molecule has 0 aliphatic rings. The summed E-state index contributed by atoms with van der Waals surface area (Å²) in [5, 5.41) is 19.5. The van der Waals surface area contributed by atoms with Gasteiger partial charge in [-0.25, -0.2) is 0 Å². The van der Waals surface area contributed by atoms with Gasteiger partial charge in [-0.3, -0.25) is 0 Å². The summed E-state index contributed by atoms with van der Waals surface area (Å²) in [5.41, 5.74) is 2.23. The van der Waals surface area contributed by atoms with E-state index in [1.165, 1.54) is 0 Å². The normalized spacial score (nSPS) is 10.4. The van der Waals surface area contributed by atoms with E-state index in [-0.39, 0.29) is 11.5 Å². The van der Waals surface area contributed by atoms with Gasteiger partial charge >= 0.3 is 0 Å². The van der Waals surface area contributed by atoms with E-state index in [2.05, 4.69) is 0 Å². The Kier molecular flexibility index (Phi) is 2.52. The molecule has 0 radical (unpaired) electrons. The van der Waals surface area contributed by atoms with Crippen LogP contribution < -0.4 is 4.57 Å². The standard InChI is InChI=1S/C13H13NO2/c1-9-7-13(16)11(8-12(9)15)14-6-4-3-5-10(14)2/h3-8H,1-2H3,(H-,15,16)/p+1. The summed E-state index contributed by atoms with van der Waals surface area (Å²) in [6, 6.07) is 8.87. The van der Waals surface area contributed by atoms with Gasteiger partial charge in [0.1, 0.15) is 5.75 Å². The van der Waals surface area contributed by atoms with Gasteiger partial charge in [0.25, 0.3) is 5.69 Å². The van der Waals surface area contributed by atoms with E-state index in [9.17, 15) is 10.2 Å². The quantitative estimate of drug-likeness (QED) is 0.565. The molecular formula is C13H14NO2+. The smallest absolute Gasteiger partial charge is 0.256 e. The van der Waals surface area contributed by atoms with Crippen molar-refractivity contribution in [3.63, 3.8) is 0 Å². The molecule has 1 heterocycles. The lowest BCUT2D eigenvalue weighted by Crippen LogP contribution is -2.33. The minimum absolute atomic E-state index is 0.162. The second-order valence-electron chi connectivity index (χ2n) is 3.84. The molecule has 0 spiro atoms. The molecule has 82 valence electrons. The molecule has 2 N–H and O–H groups in total. The fourth-order valence-electron chi connectivity index (χ4n) is 1.66. The van der Waals surface area contributed by atoms with Crippen LogP contribution in [0.4, 0.5) is 0 Å². The lowest BCUT2D eigenvalue weighted by Gasteiger charge is -2.04. The first-order valence-corrected chi connectivity index (χ1v) is 5.10. The van der Waals surface area contributed by atoms with Crippen molar-refractivity contribution in [1.82, 2.24) is 0 Å². The zero-order chi connectivity index (χ0) is 11.7. The highest BCUT2D eigenvalue weighted by Crippen LogP contribution is 2.26. The molecule has 0 bridgehead atoms. The van der Waals surface area contributed by atoms with E-state index in [1.807, 2.05) is 35.9 Å². The Morgan fingerprint density at radius 2 is 1.75 bits per heavy atom. The van der Waals surface area contributed by atoms with Crippen LogP contribution in [-0.4, -0.2) is 10.2 Å². The third-order valence-corrected chi connectivity index (χ3v) is 2.62. The topological polar surface area (TPSA) is 44.3 Å². The summed E-state index contributed by atoms with van der Waals surface area (Å²) in [6.45, 7) is 3.69. The molecule has 2 aromatic rings. The lowest BCUT2D eigenvalue weighted by atomic mass is 10.1. The number of pyridine rings is 1. The number of hydrogen-bond acceptors (Lipinski definition) is 2. The fourth-order valence-corrected chi connectivity index (χ4v) is 1.66. The number of aryl methyl sites for hydroxylation is 2. The molecule has 2 rings (SSSR count). The van der Waals surface area contributed by atoms with Crippen LogP contribution in [0.25, 0.3) is 5.69 Å². The van der Waals surface area contributed by atoms with Crippen LogP contribution >= 0.6 is 0 Å². The molecule has 16 heavy (non-hydrogen) atoms. The predicted octanol–water partition coefficient (Wildman–Crippen LogP) is 1.99. The minimum atomic E-state index is 0.162. The van der Waals surface area contributed by atoms with E-state index >= 15 is 0 Å². The summed E-state index contributed by atoms with van der Waals surface area (Å²) in [4.78, 5) is 0. The van der Waals surface area contributed by atoms with Gasteiger partial charge in [0.2, 0.25) is 0 Å². The number of phenols is 2. The highest BCUT2D eigenvalue weighted by Gasteiger charge is 2.16. The fraction of sp³-hybridized carbons (Fsp3) is 0.154. The number of aromatic nitrogens is 1. The van der Waals surface area contributed by atoms with Crippen molar-refractivity contribution in [2.24, 2.45) is 0 Å². The average molecular weight is 216 g/mol. The van der Waals surface area contributed by atoms with Crippen LogP contribution in [0.15, 0.2) is 36.5 Å². The van der Waals surface area contributed by atoms with Crippen LogP contribution in [0.3, 0.4) is 0 Å². The Morgan fingerprint density at radius 1 is 1.00 bits per heavy atom. The van der Waals surface area contributed by atoms with Gasteiger partial charge in [0.15, 0.2) is 17.6 Å². The molecule has 0 amide bonds. The Labute approximate surface area is 94.2 Å². The molecule has 0 aliphatic carbocycles. The van der Waals surface area contributed by atoms with Gasteiger partial charge in [-0.1, -0.05) is 6.07 Å². The number of rotatable bonds is 1. The van der Waals surface area contributed by atoms with Crippen molar-refractivity contribution in [2.45, 2.75) is 13.8 Å². The first-order chi connectivity index (χ1) is 7.59. The lowest BCUT2D eigenvalue weighted by molar-refractivity contribution is -0.603. The first kappa shape index (κ1) is 10.5. The van der Waals surface area contributed by atoms with Gasteiger partial charge in [0, 0.05) is 19.1 Å². The van der Waals surface area contributed by atoms with Crippen molar-refractivity contribution in [3.05, 3.63) is 47.8 Å². The average Bonchev–Trinajstić information content (AvgIpc) is 2.25. The van der Waals surface area contributed by atoms with Gasteiger partial charge in [-0.2, -0.15) is 4.57 Å². The van der Waals surface area contributed by atoms with Gasteiger partial charge in [-0.05, 0) is 18.6 Å². The van der Waals surface area contributed by atoms with Crippen molar-refractivity contribution in [2.75, 3.05) is 0 Å². The monoisotopic (exact) mass is 216 g/mol. The van der Waals surface area contributed by atoms with Crippen LogP contribution in [0.2, 0.25) is 0 Å². The number of nitrogens with zero attached hydrogens (tertiary/aromatic N) is 1. The van der Waals surface area contributed by atoms with Crippen molar-refractivity contribution >= 4 is 0 Å². The summed E-state index contributed by atoms with van der Waals surface area (Å²) in [7, 11) is 0. The minimum Gasteiger partial charge on any atom is -0.507 e. The molecular weight excluding hydrogens is 202 g/mol. The molecule has 1 aromatic carbocycles. The predicted molar refractivity (Wildman–Crippen MR) is 60.8 cm³/mol. The molecule has 0 saturated carbocycles. The summed E-state index contributed by atoms with van der Waals surface area (Å²) in [6.07, 6.45) is 1.85. The molecule has 1 aromatic heterocycles. The van der Waals surface area contributed by atoms with Crippen LogP contribution in [-0.2, 0) is 0 Å². The van der Waals surface area contributed by atoms with E-state index < -0.39 is 0 Å². The zero-order valence-electron chi connectivity index (χ0n) is 9.31. The Hall–Kier alpha value is -2.03. The van der Waals surface area contributed by atoms with Crippen molar-refractivity contribution in [1.29, 1.82) is 0 Å². The van der Waals surface area contributed by atoms with Crippen LogP contribution in [0.1, 0.15) is 11.3 Å². The maximum Gasteiger partial charge on any atom is 0.256 e. The van der Waals surface area contributed by atoms with E-state index in [0.29, 0.717) is 11.3 Å². The van der Waals surface area contributed by atoms with E-state index in [4.69, 9.17) is 0 Å². The van der Waals surface area contributed by atoms with E-state index in [1.54, 1.807) is 19.1 Å². The van der Waals surface area contributed by atoms with Crippen LogP contribution in [0.5, 0.6) is 11.5 Å². The summed E-state index contributed by atoms with van der Waals surface area (Å²) < 4.78 is 1.83. The largest absolute Gasteiger partial charge is 0.507 e. The first-order valence-electron chi connectivity index (χ1n) is 5.10. The summed E-state index contributed by atoms with van der Waals surface area (Å²) >= 11 is 0. The van der Waals surface area contributed by atoms with Gasteiger partial charge < -0.3 is 10.2 Å². The second kappa shape index (κ2) is 3.85. The second-order valence-corrected chi connectivity index (χ2v) is 3.84. The molecule has 0 saturated heterocycles. The Bertz CT molecular complexity index is 535. The highest BCUT2D eigenvalue weighted by atomic mass is 16.3. The third-order valence-electron chi connectivity index (χ3n) is 2.62. The molecule has 0 fully saturated rings. The maximum atomic E-state index is 9.86. The molecule has 3 nitrogen and oxygen atoms in total. The molecule has 3 heteroatoms. The van der Waals surface area contributed by atoms with Crippen LogP contribution in [0, 0.1) is 13.8 Å². The third kappa shape index (κ3) is 1.72. The zero-order valence-corrected chi connectivity index (χ0v) is 9.31. The van der Waals surface area contributed by atoms with Gasteiger partial charge in [0.05, 0.1) is 6.07 Å². The van der Waals surface area contributed by atoms with Crippen molar-refractivity contribution < 1.29 is 14.8 Å². The maximum absolute atomic E-state index is 9.86. The highest BCUT2D eigenvalue weighted by molar-refractivity contribution is 5.48. The number of aromatic hydroxyl groups is 2. The Balaban J connectivity index is 2.65. The molecule has 0 aliphatic heterocycles.